The van der Waals surface area contributed by atoms with Crippen LogP contribution in [0.1, 0.15) is 103 Å². The SMILES string of the molecule is CCc1cc(Cc2c(C)cc(C)cc2C)ccc1C(c1ccc(Cc2c(C)cc(C)c(S(=O)(=O)O)c2C)cc1CC)c1ccccc1S(=O)(=O)O. The second-order valence-corrected chi connectivity index (χ2v) is 16.6. The van der Waals surface area contributed by atoms with Crippen LogP contribution in [0.2, 0.25) is 0 Å². The van der Waals surface area contributed by atoms with E-state index >= 15 is 0 Å². The van der Waals surface area contributed by atoms with Gasteiger partial charge in [0, 0.05) is 5.92 Å². The van der Waals surface area contributed by atoms with Gasteiger partial charge in [-0.05, 0) is 151 Å². The van der Waals surface area contributed by atoms with E-state index in [1.54, 1.807) is 38.1 Å². The van der Waals surface area contributed by atoms with Crippen molar-refractivity contribution in [2.24, 2.45) is 0 Å². The third-order valence-corrected chi connectivity index (χ3v) is 12.3. The van der Waals surface area contributed by atoms with Crippen LogP contribution in [0.3, 0.4) is 0 Å². The maximum atomic E-state index is 12.8. The molecule has 0 aromatic heterocycles. The first-order valence-electron chi connectivity index (χ1n) is 17.4. The van der Waals surface area contributed by atoms with Crippen molar-refractivity contribution in [2.75, 3.05) is 0 Å². The minimum atomic E-state index is -4.54. The maximum absolute atomic E-state index is 12.8. The average molecular weight is 725 g/mol. The molecule has 0 bridgehead atoms. The third-order valence-electron chi connectivity index (χ3n) is 10.2. The fourth-order valence-electron chi connectivity index (χ4n) is 7.94. The smallest absolute Gasteiger partial charge is 0.282 e. The zero-order valence-electron chi connectivity index (χ0n) is 30.8. The second-order valence-electron chi connectivity index (χ2n) is 13.9. The molecule has 0 radical (unpaired) electrons. The van der Waals surface area contributed by atoms with Crippen LogP contribution in [-0.2, 0) is 45.9 Å². The summed E-state index contributed by atoms with van der Waals surface area (Å²) in [7, 11) is -8.95. The van der Waals surface area contributed by atoms with Gasteiger partial charge in [-0.3, -0.25) is 9.11 Å². The lowest BCUT2D eigenvalue weighted by Gasteiger charge is -2.26. The van der Waals surface area contributed by atoms with Gasteiger partial charge in [-0.15, -0.1) is 0 Å². The standard InChI is InChI=1S/C43H48O6S2/c1-9-34-22-32(24-39-27(4)19-26(3)20-28(39)5)15-17-36(34)42(38-13-11-12-14-41(38)50(44,45)46)37-18-16-33(23-35(37)10-2)25-40-29(6)21-30(7)43(31(40)8)51(47,48)49/h11-23,42H,9-10,24-25H2,1-8H3,(H,44,45,46)(H,47,48,49). The van der Waals surface area contributed by atoms with Gasteiger partial charge in [0.15, 0.2) is 0 Å². The molecule has 51 heavy (non-hydrogen) atoms. The topological polar surface area (TPSA) is 109 Å². The Morgan fingerprint density at radius 3 is 1.53 bits per heavy atom. The van der Waals surface area contributed by atoms with Gasteiger partial charge in [-0.1, -0.05) is 92.2 Å². The summed E-state index contributed by atoms with van der Waals surface area (Å²) < 4.78 is 70.6. The van der Waals surface area contributed by atoms with Gasteiger partial charge in [-0.25, -0.2) is 0 Å². The largest absolute Gasteiger partial charge is 0.295 e. The molecule has 0 saturated heterocycles. The molecular weight excluding hydrogens is 677 g/mol. The summed E-state index contributed by atoms with van der Waals surface area (Å²) in [6.07, 6.45) is 2.61. The van der Waals surface area contributed by atoms with E-state index in [0.717, 1.165) is 51.8 Å². The summed E-state index contributed by atoms with van der Waals surface area (Å²) in [4.78, 5) is -0.178. The number of aryl methyl sites for hydroxylation is 7. The molecule has 6 nitrogen and oxygen atoms in total. The van der Waals surface area contributed by atoms with Gasteiger partial charge >= 0.3 is 0 Å². The summed E-state index contributed by atoms with van der Waals surface area (Å²) in [6.45, 7) is 15.9. The van der Waals surface area contributed by atoms with E-state index in [0.29, 0.717) is 29.5 Å². The van der Waals surface area contributed by atoms with Crippen LogP contribution in [0, 0.1) is 41.5 Å². The molecule has 5 rings (SSSR count). The lowest BCUT2D eigenvalue weighted by molar-refractivity contribution is 0.479. The summed E-state index contributed by atoms with van der Waals surface area (Å²) in [5.41, 5.74) is 14.5. The van der Waals surface area contributed by atoms with Crippen LogP contribution in [0.4, 0.5) is 0 Å². The molecule has 8 heteroatoms. The fraction of sp³-hybridized carbons (Fsp3) is 0.302. The number of hydrogen-bond acceptors (Lipinski definition) is 4. The number of hydrogen-bond donors (Lipinski definition) is 2. The lowest BCUT2D eigenvalue weighted by Crippen LogP contribution is -2.14. The average Bonchev–Trinajstić information content (AvgIpc) is 3.04. The minimum absolute atomic E-state index is 0.0550. The predicted molar refractivity (Wildman–Crippen MR) is 206 cm³/mol. The Kier molecular flexibility index (Phi) is 11.1. The van der Waals surface area contributed by atoms with Crippen LogP contribution in [0.25, 0.3) is 0 Å². The van der Waals surface area contributed by atoms with Gasteiger partial charge in [0.25, 0.3) is 20.2 Å². The maximum Gasteiger partial charge on any atom is 0.295 e. The molecule has 5 aromatic rings. The first-order valence-corrected chi connectivity index (χ1v) is 20.3. The zero-order valence-corrected chi connectivity index (χ0v) is 32.4. The van der Waals surface area contributed by atoms with Crippen molar-refractivity contribution in [2.45, 2.75) is 96.8 Å². The quantitative estimate of drug-likeness (QED) is 0.104. The monoisotopic (exact) mass is 724 g/mol. The van der Waals surface area contributed by atoms with E-state index in [9.17, 15) is 25.9 Å². The first kappa shape index (κ1) is 38.2. The van der Waals surface area contributed by atoms with E-state index in [2.05, 4.69) is 71.0 Å². The van der Waals surface area contributed by atoms with E-state index in [1.165, 1.54) is 33.9 Å². The van der Waals surface area contributed by atoms with Crippen molar-refractivity contribution in [3.8, 4) is 0 Å². The minimum Gasteiger partial charge on any atom is -0.282 e. The Labute approximate surface area is 304 Å². The van der Waals surface area contributed by atoms with Gasteiger partial charge in [0.1, 0.15) is 0 Å². The lowest BCUT2D eigenvalue weighted by atomic mass is 9.78. The van der Waals surface area contributed by atoms with Crippen LogP contribution in [0.5, 0.6) is 0 Å². The molecule has 0 heterocycles. The van der Waals surface area contributed by atoms with Gasteiger partial charge in [-0.2, -0.15) is 16.8 Å². The van der Waals surface area contributed by atoms with Gasteiger partial charge in [0.2, 0.25) is 0 Å². The van der Waals surface area contributed by atoms with Crippen LogP contribution in [-0.4, -0.2) is 25.9 Å². The highest BCUT2D eigenvalue weighted by molar-refractivity contribution is 7.86. The normalized spacial score (nSPS) is 12.7. The number of rotatable bonds is 11. The molecule has 0 aliphatic heterocycles. The molecule has 0 aliphatic carbocycles. The molecule has 268 valence electrons. The van der Waals surface area contributed by atoms with Crippen molar-refractivity contribution < 1.29 is 25.9 Å². The molecule has 5 aromatic carbocycles. The summed E-state index contributed by atoms with van der Waals surface area (Å²) in [6, 6.07) is 25.5. The van der Waals surface area contributed by atoms with Crippen molar-refractivity contribution in [1.29, 1.82) is 0 Å². The second kappa shape index (κ2) is 14.9. The zero-order chi connectivity index (χ0) is 37.4. The first-order chi connectivity index (χ1) is 23.9. The van der Waals surface area contributed by atoms with Crippen molar-refractivity contribution in [3.05, 3.63) is 162 Å². The van der Waals surface area contributed by atoms with E-state index in [-0.39, 0.29) is 9.79 Å². The molecule has 0 amide bonds. The molecule has 0 spiro atoms. The summed E-state index contributed by atoms with van der Waals surface area (Å²) >= 11 is 0. The molecule has 0 aliphatic rings. The molecule has 2 N–H and O–H groups in total. The van der Waals surface area contributed by atoms with Gasteiger partial charge < -0.3 is 0 Å². The van der Waals surface area contributed by atoms with Crippen LogP contribution >= 0.6 is 0 Å². The Bertz CT molecular complexity index is 2330. The Morgan fingerprint density at radius 2 is 1.04 bits per heavy atom. The van der Waals surface area contributed by atoms with Crippen LogP contribution < -0.4 is 0 Å². The highest BCUT2D eigenvalue weighted by Gasteiger charge is 2.28. The van der Waals surface area contributed by atoms with Crippen molar-refractivity contribution in [1.82, 2.24) is 0 Å². The Morgan fingerprint density at radius 1 is 0.549 bits per heavy atom. The molecule has 1 unspecified atom stereocenters. The number of benzene rings is 5. The van der Waals surface area contributed by atoms with Gasteiger partial charge in [0.05, 0.1) is 9.79 Å². The molecular formula is C43H48O6S2. The fourth-order valence-corrected chi connectivity index (χ4v) is 9.65. The van der Waals surface area contributed by atoms with E-state index in [1.807, 2.05) is 19.1 Å². The highest BCUT2D eigenvalue weighted by Crippen LogP contribution is 2.40. The molecule has 1 atom stereocenters. The predicted octanol–water partition coefficient (Wildman–Crippen LogP) is 9.52. The Balaban J connectivity index is 1.68. The van der Waals surface area contributed by atoms with Crippen LogP contribution in [0.15, 0.2) is 88.7 Å². The summed E-state index contributed by atoms with van der Waals surface area (Å²) in [5.74, 6) is -0.493. The van der Waals surface area contributed by atoms with E-state index < -0.39 is 26.2 Å². The van der Waals surface area contributed by atoms with Crippen molar-refractivity contribution >= 4 is 20.2 Å². The summed E-state index contributed by atoms with van der Waals surface area (Å²) in [5, 5.41) is 0. The van der Waals surface area contributed by atoms with E-state index in [4.69, 9.17) is 0 Å². The molecule has 0 saturated carbocycles. The van der Waals surface area contributed by atoms with Crippen molar-refractivity contribution in [3.63, 3.8) is 0 Å². The third kappa shape index (κ3) is 8.05. The Hall–Kier alpha value is -4.08. The molecule has 0 fully saturated rings. The highest BCUT2D eigenvalue weighted by atomic mass is 32.2.